The number of aliphatic imine (C=N–C) groups is 1. The Morgan fingerprint density at radius 3 is 2.67 bits per heavy atom. The molecule has 0 fully saturated rings. The number of rotatable bonds is 2. The van der Waals surface area contributed by atoms with Gasteiger partial charge in [-0.15, -0.1) is 0 Å². The molecule has 0 aliphatic rings. The predicted octanol–water partition coefficient (Wildman–Crippen LogP) is 2.13. The van der Waals surface area contributed by atoms with Gasteiger partial charge in [0.2, 0.25) is 12.4 Å². The van der Waals surface area contributed by atoms with Gasteiger partial charge in [-0.05, 0) is 6.07 Å². The van der Waals surface area contributed by atoms with Gasteiger partial charge in [-0.1, -0.05) is 18.2 Å². The smallest absolute Gasteiger partial charge is 0.215 e. The van der Waals surface area contributed by atoms with Gasteiger partial charge in [-0.2, -0.15) is 4.99 Å². The van der Waals surface area contributed by atoms with Crippen molar-refractivity contribution >= 4 is 6.08 Å². The number of benzene rings is 1. The summed E-state index contributed by atoms with van der Waals surface area (Å²) in [5.41, 5.74) is -0.249. The van der Waals surface area contributed by atoms with Crippen molar-refractivity contribution in [1.82, 2.24) is 0 Å². The van der Waals surface area contributed by atoms with Gasteiger partial charge >= 0.3 is 0 Å². The molecule has 0 aliphatic heterocycles. The second kappa shape index (κ2) is 3.74. The van der Waals surface area contributed by atoms with Crippen molar-refractivity contribution in [3.05, 3.63) is 35.6 Å². The number of hydrogen-bond donors (Lipinski definition) is 0. The first-order valence-electron chi connectivity index (χ1n) is 3.21. The number of isocyanates is 1. The van der Waals surface area contributed by atoms with Crippen LogP contribution in [0.5, 0.6) is 0 Å². The average molecular weight is 169 g/mol. The molecule has 0 heterocycles. The fraction of sp³-hybridized carbons (Fsp3) is 0.125. The SMILES string of the molecule is O=C=NC(F)c1ccccc1F. The molecule has 0 amide bonds. The van der Waals surface area contributed by atoms with E-state index in [1.807, 2.05) is 0 Å². The number of nitrogens with zero attached hydrogens (tertiary/aromatic N) is 1. The minimum absolute atomic E-state index is 0.249. The maximum absolute atomic E-state index is 12.7. The highest BCUT2D eigenvalue weighted by atomic mass is 19.1. The molecule has 0 aliphatic carbocycles. The summed E-state index contributed by atoms with van der Waals surface area (Å²) in [4.78, 5) is 12.4. The second-order valence-corrected chi connectivity index (χ2v) is 2.08. The number of alkyl halides is 1. The van der Waals surface area contributed by atoms with Crippen LogP contribution in [0.2, 0.25) is 0 Å². The molecule has 62 valence electrons. The van der Waals surface area contributed by atoms with Crippen molar-refractivity contribution in [1.29, 1.82) is 0 Å². The molecule has 1 unspecified atom stereocenters. The van der Waals surface area contributed by atoms with Crippen LogP contribution < -0.4 is 0 Å². The summed E-state index contributed by atoms with van der Waals surface area (Å²) < 4.78 is 25.5. The van der Waals surface area contributed by atoms with E-state index in [-0.39, 0.29) is 5.56 Å². The summed E-state index contributed by atoms with van der Waals surface area (Å²) >= 11 is 0. The first-order valence-corrected chi connectivity index (χ1v) is 3.21. The van der Waals surface area contributed by atoms with Crippen molar-refractivity contribution in [3.8, 4) is 0 Å². The molecule has 1 atom stereocenters. The van der Waals surface area contributed by atoms with E-state index in [0.29, 0.717) is 0 Å². The Balaban J connectivity index is 3.02. The Bertz CT molecular complexity index is 321. The molecule has 0 radical (unpaired) electrons. The largest absolute Gasteiger partial charge is 0.238 e. The molecule has 0 aromatic heterocycles. The van der Waals surface area contributed by atoms with E-state index in [9.17, 15) is 13.6 Å². The van der Waals surface area contributed by atoms with E-state index in [4.69, 9.17) is 0 Å². The number of hydrogen-bond acceptors (Lipinski definition) is 2. The topological polar surface area (TPSA) is 29.4 Å². The third-order valence-electron chi connectivity index (χ3n) is 1.33. The lowest BCUT2D eigenvalue weighted by Gasteiger charge is -2.00. The van der Waals surface area contributed by atoms with E-state index in [0.717, 1.165) is 12.1 Å². The summed E-state index contributed by atoms with van der Waals surface area (Å²) in [5.74, 6) is -0.719. The normalized spacial score (nSPS) is 11.8. The lowest BCUT2D eigenvalue weighted by Crippen LogP contribution is -1.91. The first kappa shape index (κ1) is 8.56. The van der Waals surface area contributed by atoms with E-state index < -0.39 is 12.1 Å². The molecule has 0 bridgehead atoms. The number of carbonyl (C=O) groups excluding carboxylic acids is 1. The molecule has 1 rings (SSSR count). The minimum Gasteiger partial charge on any atom is -0.215 e. The Morgan fingerprint density at radius 2 is 2.08 bits per heavy atom. The minimum atomic E-state index is -1.95. The van der Waals surface area contributed by atoms with Gasteiger partial charge in [0.1, 0.15) is 5.82 Å². The maximum atomic E-state index is 12.7. The monoisotopic (exact) mass is 169 g/mol. The van der Waals surface area contributed by atoms with Crippen LogP contribution in [0.25, 0.3) is 0 Å². The van der Waals surface area contributed by atoms with E-state index >= 15 is 0 Å². The molecule has 0 saturated heterocycles. The van der Waals surface area contributed by atoms with Gasteiger partial charge in [0.15, 0.2) is 0 Å². The van der Waals surface area contributed by atoms with Gasteiger partial charge < -0.3 is 0 Å². The van der Waals surface area contributed by atoms with Crippen LogP contribution in [0, 0.1) is 5.82 Å². The van der Waals surface area contributed by atoms with Crippen molar-refractivity contribution in [3.63, 3.8) is 0 Å². The summed E-state index contributed by atoms with van der Waals surface area (Å²) in [6, 6.07) is 5.21. The van der Waals surface area contributed by atoms with Crippen LogP contribution in [0.15, 0.2) is 29.3 Å². The van der Waals surface area contributed by atoms with Crippen molar-refractivity contribution in [2.24, 2.45) is 4.99 Å². The van der Waals surface area contributed by atoms with Gasteiger partial charge in [-0.3, -0.25) is 0 Å². The van der Waals surface area contributed by atoms with Gasteiger partial charge in [0.05, 0.1) is 0 Å². The quantitative estimate of drug-likeness (QED) is 0.379. The lowest BCUT2D eigenvalue weighted by molar-refractivity contribution is 0.345. The summed E-state index contributed by atoms with van der Waals surface area (Å²) in [6.07, 6.45) is -0.928. The van der Waals surface area contributed by atoms with E-state index in [1.165, 1.54) is 18.2 Å². The predicted molar refractivity (Wildman–Crippen MR) is 38.4 cm³/mol. The molecule has 0 saturated carbocycles. The van der Waals surface area contributed by atoms with Crippen molar-refractivity contribution in [2.45, 2.75) is 6.30 Å². The molecule has 0 spiro atoms. The molecule has 0 N–H and O–H groups in total. The highest BCUT2D eigenvalue weighted by molar-refractivity contribution is 5.34. The fourth-order valence-electron chi connectivity index (χ4n) is 0.784. The van der Waals surface area contributed by atoms with Gasteiger partial charge in [-0.25, -0.2) is 13.6 Å². The summed E-state index contributed by atoms with van der Waals surface area (Å²) in [6.45, 7) is 0. The fourth-order valence-corrected chi connectivity index (χ4v) is 0.784. The molecule has 4 heteroatoms. The zero-order valence-corrected chi connectivity index (χ0v) is 6.00. The van der Waals surface area contributed by atoms with Crippen molar-refractivity contribution in [2.75, 3.05) is 0 Å². The highest BCUT2D eigenvalue weighted by Crippen LogP contribution is 2.20. The standard InChI is InChI=1S/C8H5F2NO/c9-7-4-2-1-3-6(7)8(10)11-5-12/h1-4,8H. The van der Waals surface area contributed by atoms with E-state index in [1.54, 1.807) is 0 Å². The highest BCUT2D eigenvalue weighted by Gasteiger charge is 2.11. The average Bonchev–Trinajstić information content (AvgIpc) is 2.05. The van der Waals surface area contributed by atoms with Crippen LogP contribution in [0.4, 0.5) is 8.78 Å². The first-order chi connectivity index (χ1) is 5.75. The summed E-state index contributed by atoms with van der Waals surface area (Å²) in [7, 11) is 0. The zero-order valence-electron chi connectivity index (χ0n) is 6.00. The Hall–Kier alpha value is -1.54. The third-order valence-corrected chi connectivity index (χ3v) is 1.33. The summed E-state index contributed by atoms with van der Waals surface area (Å²) in [5, 5.41) is 0. The number of halogens is 2. The molecule has 2 nitrogen and oxygen atoms in total. The van der Waals surface area contributed by atoms with Crippen LogP contribution in [-0.2, 0) is 4.79 Å². The zero-order chi connectivity index (χ0) is 8.97. The molecular formula is C8H5F2NO. The molecule has 12 heavy (non-hydrogen) atoms. The maximum Gasteiger partial charge on any atom is 0.238 e. The van der Waals surface area contributed by atoms with Gasteiger partial charge in [0.25, 0.3) is 0 Å². The van der Waals surface area contributed by atoms with Crippen LogP contribution in [-0.4, -0.2) is 6.08 Å². The Morgan fingerprint density at radius 1 is 1.42 bits per heavy atom. The Labute approximate surface area is 67.5 Å². The van der Waals surface area contributed by atoms with Crippen LogP contribution in [0.1, 0.15) is 11.9 Å². The molecular weight excluding hydrogens is 164 g/mol. The lowest BCUT2D eigenvalue weighted by atomic mass is 10.2. The van der Waals surface area contributed by atoms with Crippen LogP contribution >= 0.6 is 0 Å². The van der Waals surface area contributed by atoms with Crippen LogP contribution in [0.3, 0.4) is 0 Å². The third kappa shape index (κ3) is 1.74. The van der Waals surface area contributed by atoms with E-state index in [2.05, 4.69) is 4.99 Å². The molecule has 1 aromatic carbocycles. The molecule has 1 aromatic rings. The Kier molecular flexibility index (Phi) is 2.66. The second-order valence-electron chi connectivity index (χ2n) is 2.08. The van der Waals surface area contributed by atoms with Crippen molar-refractivity contribution < 1.29 is 13.6 Å². The van der Waals surface area contributed by atoms with Gasteiger partial charge in [0, 0.05) is 5.56 Å².